The van der Waals surface area contributed by atoms with Crippen LogP contribution in [0.15, 0.2) is 77.6 Å². The highest BCUT2D eigenvalue weighted by Crippen LogP contribution is 2.36. The Balaban J connectivity index is 1.66. The maximum absolute atomic E-state index is 13.1. The molecule has 0 aliphatic rings. The van der Waals surface area contributed by atoms with Crippen molar-refractivity contribution in [3.05, 3.63) is 83.2 Å². The number of hydrogen-bond donors (Lipinski definition) is 0. The molecule has 0 saturated heterocycles. The number of hydrogen-bond acceptors (Lipinski definition) is 4. The highest BCUT2D eigenvalue weighted by molar-refractivity contribution is 7.22. The minimum atomic E-state index is -0.0431. The van der Waals surface area contributed by atoms with Crippen LogP contribution in [0.4, 0.5) is 0 Å². The largest absolute Gasteiger partial charge is 0.497 e. The van der Waals surface area contributed by atoms with E-state index in [0.29, 0.717) is 16.7 Å². The van der Waals surface area contributed by atoms with E-state index in [-0.39, 0.29) is 5.56 Å². The second-order valence-corrected chi connectivity index (χ2v) is 8.00. The van der Waals surface area contributed by atoms with Crippen LogP contribution in [-0.4, -0.2) is 16.7 Å². The summed E-state index contributed by atoms with van der Waals surface area (Å²) in [5, 5.41) is 1.79. The van der Waals surface area contributed by atoms with E-state index in [1.807, 2.05) is 60.7 Å². The van der Waals surface area contributed by atoms with Crippen LogP contribution in [0.2, 0.25) is 0 Å². The van der Waals surface area contributed by atoms with Crippen LogP contribution in [0.5, 0.6) is 5.75 Å². The zero-order chi connectivity index (χ0) is 20.0. The van der Waals surface area contributed by atoms with Crippen molar-refractivity contribution in [2.75, 3.05) is 7.11 Å². The number of benzene rings is 3. The van der Waals surface area contributed by atoms with Gasteiger partial charge in [0.25, 0.3) is 5.56 Å². The predicted molar refractivity (Wildman–Crippen MR) is 120 cm³/mol. The van der Waals surface area contributed by atoms with Crippen LogP contribution in [0.3, 0.4) is 0 Å². The van der Waals surface area contributed by atoms with Crippen LogP contribution in [0.1, 0.15) is 0 Å². The Morgan fingerprint density at radius 2 is 1.76 bits per heavy atom. The maximum atomic E-state index is 13.1. The molecule has 5 rings (SSSR count). The topological polar surface area (TPSA) is 44.1 Å². The molecule has 0 spiro atoms. The first kappa shape index (κ1) is 17.6. The van der Waals surface area contributed by atoms with Gasteiger partial charge in [-0.3, -0.25) is 9.36 Å². The lowest BCUT2D eigenvalue weighted by Gasteiger charge is -2.10. The van der Waals surface area contributed by atoms with Gasteiger partial charge in [0.2, 0.25) is 0 Å². The zero-order valence-electron chi connectivity index (χ0n) is 16.0. The quantitative estimate of drug-likeness (QED) is 0.404. The van der Waals surface area contributed by atoms with Crippen molar-refractivity contribution >= 4 is 32.3 Å². The summed E-state index contributed by atoms with van der Waals surface area (Å²) in [4.78, 5) is 18.9. The van der Waals surface area contributed by atoms with Gasteiger partial charge >= 0.3 is 0 Å². The van der Waals surface area contributed by atoms with Gasteiger partial charge < -0.3 is 4.74 Å². The first-order valence-corrected chi connectivity index (χ1v) is 10.1. The number of thiophene rings is 1. The van der Waals surface area contributed by atoms with E-state index in [4.69, 9.17) is 9.72 Å². The van der Waals surface area contributed by atoms with Crippen molar-refractivity contribution in [1.82, 2.24) is 9.55 Å². The zero-order valence-corrected chi connectivity index (χ0v) is 16.9. The molecule has 0 aliphatic carbocycles. The lowest BCUT2D eigenvalue weighted by molar-refractivity contribution is 0.415. The maximum Gasteiger partial charge on any atom is 0.261 e. The van der Waals surface area contributed by atoms with Gasteiger partial charge in [0, 0.05) is 22.2 Å². The molecule has 4 nitrogen and oxygen atoms in total. The molecule has 5 heteroatoms. The van der Waals surface area contributed by atoms with Gasteiger partial charge in [-0.15, -0.1) is 11.3 Å². The highest BCUT2D eigenvalue weighted by atomic mass is 32.1. The fraction of sp³-hybridized carbons (Fsp3) is 0.0833. The smallest absolute Gasteiger partial charge is 0.261 e. The molecular weight excluding hydrogens is 380 g/mol. The number of ether oxygens (including phenoxy) is 1. The van der Waals surface area contributed by atoms with Crippen molar-refractivity contribution in [3.8, 4) is 27.6 Å². The van der Waals surface area contributed by atoms with Crippen molar-refractivity contribution in [3.63, 3.8) is 0 Å². The van der Waals surface area contributed by atoms with Crippen molar-refractivity contribution < 1.29 is 4.74 Å². The summed E-state index contributed by atoms with van der Waals surface area (Å²) in [6.07, 6.45) is 0. The number of methoxy groups -OCH3 is 1. The number of rotatable bonds is 3. The van der Waals surface area contributed by atoms with E-state index in [2.05, 4.69) is 12.1 Å². The third-order valence-corrected chi connectivity index (χ3v) is 6.27. The van der Waals surface area contributed by atoms with Gasteiger partial charge in [0.15, 0.2) is 0 Å². The molecule has 0 amide bonds. The molecule has 5 aromatic rings. The average molecular weight is 398 g/mol. The van der Waals surface area contributed by atoms with Gasteiger partial charge in [0.05, 0.1) is 18.0 Å². The van der Waals surface area contributed by atoms with Crippen molar-refractivity contribution in [2.24, 2.45) is 7.05 Å². The van der Waals surface area contributed by atoms with Crippen molar-refractivity contribution in [2.45, 2.75) is 0 Å². The second kappa shape index (κ2) is 6.87. The molecule has 0 saturated carbocycles. The normalized spacial score (nSPS) is 11.2. The van der Waals surface area contributed by atoms with E-state index in [9.17, 15) is 4.79 Å². The average Bonchev–Trinajstić information content (AvgIpc) is 3.20. The SMILES string of the molecule is COc1ccc2cc(-c3ccc4nc(-c5ccccc5)n(C)c(=O)c4c3)sc2c1. The fourth-order valence-electron chi connectivity index (χ4n) is 3.55. The first-order valence-electron chi connectivity index (χ1n) is 9.28. The van der Waals surface area contributed by atoms with E-state index in [1.54, 1.807) is 30.1 Å². The highest BCUT2D eigenvalue weighted by Gasteiger charge is 2.12. The Hall–Kier alpha value is -3.44. The summed E-state index contributed by atoms with van der Waals surface area (Å²) in [7, 11) is 3.45. The van der Waals surface area contributed by atoms with Crippen LogP contribution in [-0.2, 0) is 7.05 Å². The van der Waals surface area contributed by atoms with Gasteiger partial charge in [-0.1, -0.05) is 36.4 Å². The minimum absolute atomic E-state index is 0.0431. The summed E-state index contributed by atoms with van der Waals surface area (Å²) in [6, 6.07) is 23.9. The molecule has 0 bridgehead atoms. The Bertz CT molecular complexity index is 1420. The molecule has 2 aromatic heterocycles. The standard InChI is InChI=1S/C24H18N2O2S/c1-26-23(15-6-4-3-5-7-15)25-20-11-9-16(12-19(20)24(26)27)21-13-17-8-10-18(28-2)14-22(17)29-21/h3-14H,1-2H3. The molecule has 0 N–H and O–H groups in total. The summed E-state index contributed by atoms with van der Waals surface area (Å²) in [5.74, 6) is 1.51. The van der Waals surface area contributed by atoms with Crippen molar-refractivity contribution in [1.29, 1.82) is 0 Å². The molecule has 2 heterocycles. The fourth-order valence-corrected chi connectivity index (χ4v) is 4.64. The van der Waals surface area contributed by atoms with E-state index in [0.717, 1.165) is 31.8 Å². The predicted octanol–water partition coefficient (Wildman–Crippen LogP) is 5.49. The Kier molecular flexibility index (Phi) is 4.18. The molecular formula is C24H18N2O2S. The number of aromatic nitrogens is 2. The molecule has 0 aliphatic heterocycles. The Morgan fingerprint density at radius 1 is 0.931 bits per heavy atom. The van der Waals surface area contributed by atoms with E-state index >= 15 is 0 Å². The molecule has 3 aromatic carbocycles. The van der Waals surface area contributed by atoms with Crippen LogP contribution in [0.25, 0.3) is 42.8 Å². The summed E-state index contributed by atoms with van der Waals surface area (Å²) in [6.45, 7) is 0. The molecule has 0 fully saturated rings. The molecule has 142 valence electrons. The van der Waals surface area contributed by atoms with Gasteiger partial charge in [-0.2, -0.15) is 0 Å². The van der Waals surface area contributed by atoms with Gasteiger partial charge in [0.1, 0.15) is 11.6 Å². The van der Waals surface area contributed by atoms with Gasteiger partial charge in [-0.05, 0) is 47.3 Å². The van der Waals surface area contributed by atoms with Crippen LogP contribution in [0, 0.1) is 0 Å². The number of fused-ring (bicyclic) bond motifs is 2. The first-order chi connectivity index (χ1) is 14.1. The summed E-state index contributed by atoms with van der Waals surface area (Å²) in [5.41, 5.74) is 2.61. The Morgan fingerprint density at radius 3 is 2.55 bits per heavy atom. The third-order valence-electron chi connectivity index (χ3n) is 5.12. The molecule has 0 radical (unpaired) electrons. The molecule has 0 atom stereocenters. The van der Waals surface area contributed by atoms with E-state index in [1.165, 1.54) is 0 Å². The molecule has 0 unspecified atom stereocenters. The van der Waals surface area contributed by atoms with Crippen LogP contribution >= 0.6 is 11.3 Å². The second-order valence-electron chi connectivity index (χ2n) is 6.91. The van der Waals surface area contributed by atoms with Crippen LogP contribution < -0.4 is 10.3 Å². The monoisotopic (exact) mass is 398 g/mol. The number of nitrogens with zero attached hydrogens (tertiary/aromatic N) is 2. The molecule has 29 heavy (non-hydrogen) atoms. The Labute approximate surface area is 171 Å². The summed E-state index contributed by atoms with van der Waals surface area (Å²) >= 11 is 1.69. The summed E-state index contributed by atoms with van der Waals surface area (Å²) < 4.78 is 8.11. The lowest BCUT2D eigenvalue weighted by Crippen LogP contribution is -2.20. The van der Waals surface area contributed by atoms with E-state index < -0.39 is 0 Å². The minimum Gasteiger partial charge on any atom is -0.497 e. The van der Waals surface area contributed by atoms with Gasteiger partial charge in [-0.25, -0.2) is 4.98 Å². The third kappa shape index (κ3) is 3.00. The lowest BCUT2D eigenvalue weighted by atomic mass is 10.1.